The molecule has 0 atom stereocenters. The Kier molecular flexibility index (Phi) is 5.72. The second-order valence-corrected chi connectivity index (χ2v) is 7.72. The Morgan fingerprint density at radius 2 is 2.20 bits per heavy atom. The summed E-state index contributed by atoms with van der Waals surface area (Å²) in [6.07, 6.45) is 0.494. The molecule has 9 heteroatoms. The Hall–Kier alpha value is -1.90. The van der Waals surface area contributed by atoms with Crippen LogP contribution in [0, 0.1) is 13.8 Å². The van der Waals surface area contributed by atoms with E-state index in [0.717, 1.165) is 22.0 Å². The molecule has 0 aliphatic rings. The van der Waals surface area contributed by atoms with Crippen molar-refractivity contribution in [2.24, 2.45) is 0 Å². The van der Waals surface area contributed by atoms with E-state index in [2.05, 4.69) is 20.5 Å². The Balaban J connectivity index is 1.52. The highest BCUT2D eigenvalue weighted by atomic mass is 35.5. The van der Waals surface area contributed by atoms with Gasteiger partial charge in [0.05, 0.1) is 22.9 Å². The molecule has 0 aliphatic carbocycles. The van der Waals surface area contributed by atoms with Gasteiger partial charge in [0, 0.05) is 16.1 Å². The van der Waals surface area contributed by atoms with Gasteiger partial charge in [-0.05, 0) is 37.6 Å². The van der Waals surface area contributed by atoms with Gasteiger partial charge in [0.15, 0.2) is 0 Å². The maximum Gasteiger partial charge on any atom is 0.277 e. The minimum Gasteiger partial charge on any atom is -0.416 e. The van der Waals surface area contributed by atoms with E-state index in [1.807, 2.05) is 19.2 Å². The molecule has 2 heterocycles. The molecule has 1 aromatic carbocycles. The highest BCUT2D eigenvalue weighted by Crippen LogP contribution is 2.21. The van der Waals surface area contributed by atoms with Crippen molar-refractivity contribution in [1.29, 1.82) is 0 Å². The highest BCUT2D eigenvalue weighted by molar-refractivity contribution is 7.99. The average molecular weight is 395 g/mol. The summed E-state index contributed by atoms with van der Waals surface area (Å²) in [6, 6.07) is 5.32. The molecule has 0 unspecified atom stereocenters. The van der Waals surface area contributed by atoms with Crippen LogP contribution in [0.1, 0.15) is 22.2 Å². The molecule has 130 valence electrons. The zero-order valence-corrected chi connectivity index (χ0v) is 16.0. The van der Waals surface area contributed by atoms with E-state index < -0.39 is 0 Å². The number of nitrogens with one attached hydrogen (secondary N) is 1. The number of aryl methyl sites for hydroxylation is 2. The van der Waals surface area contributed by atoms with E-state index in [4.69, 9.17) is 16.0 Å². The number of amides is 1. The molecule has 0 saturated heterocycles. The van der Waals surface area contributed by atoms with Crippen molar-refractivity contribution < 1.29 is 9.21 Å². The van der Waals surface area contributed by atoms with Crippen LogP contribution in [0.4, 0.5) is 5.69 Å². The minimum atomic E-state index is -0.148. The SMILES string of the molecule is Cc1nc(Cc2nnc(SCC(=O)Nc3ccc(Cl)cc3C)o2)cs1. The summed E-state index contributed by atoms with van der Waals surface area (Å²) in [5.41, 5.74) is 2.54. The fourth-order valence-corrected chi connectivity index (χ4v) is 3.51. The van der Waals surface area contributed by atoms with Crippen molar-refractivity contribution in [3.63, 3.8) is 0 Å². The van der Waals surface area contributed by atoms with Gasteiger partial charge < -0.3 is 9.73 Å². The number of hydrogen-bond acceptors (Lipinski definition) is 7. The molecule has 0 radical (unpaired) electrons. The molecule has 0 bridgehead atoms. The largest absolute Gasteiger partial charge is 0.416 e. The summed E-state index contributed by atoms with van der Waals surface area (Å²) < 4.78 is 5.54. The van der Waals surface area contributed by atoms with Crippen LogP contribution in [0.25, 0.3) is 0 Å². The molecular weight excluding hydrogens is 380 g/mol. The standard InChI is InChI=1S/C16H15ClN4O2S2/c1-9-5-11(17)3-4-13(9)19-14(22)8-25-16-21-20-15(23-16)6-12-7-24-10(2)18-12/h3-5,7H,6,8H2,1-2H3,(H,19,22). The number of carbonyl (C=O) groups excluding carboxylic acids is 1. The molecule has 3 rings (SSSR count). The topological polar surface area (TPSA) is 80.9 Å². The number of carbonyl (C=O) groups is 1. The Morgan fingerprint density at radius 1 is 1.36 bits per heavy atom. The maximum absolute atomic E-state index is 12.1. The summed E-state index contributed by atoms with van der Waals surface area (Å²) in [5, 5.41) is 14.7. The predicted molar refractivity (Wildman–Crippen MR) is 99.5 cm³/mol. The molecule has 0 aliphatic heterocycles. The number of anilines is 1. The van der Waals surface area contributed by atoms with Crippen LogP contribution in [-0.2, 0) is 11.2 Å². The molecule has 3 aromatic rings. The first-order valence-corrected chi connectivity index (χ1v) is 9.66. The monoisotopic (exact) mass is 394 g/mol. The van der Waals surface area contributed by atoms with Crippen molar-refractivity contribution in [2.45, 2.75) is 25.5 Å². The van der Waals surface area contributed by atoms with Gasteiger partial charge in [-0.3, -0.25) is 4.79 Å². The summed E-state index contributed by atoms with van der Waals surface area (Å²) in [5.74, 6) is 0.520. The van der Waals surface area contributed by atoms with Gasteiger partial charge >= 0.3 is 0 Å². The van der Waals surface area contributed by atoms with Crippen LogP contribution in [0.15, 0.2) is 33.2 Å². The molecular formula is C16H15ClN4O2S2. The van der Waals surface area contributed by atoms with Gasteiger partial charge in [0.2, 0.25) is 11.8 Å². The lowest BCUT2D eigenvalue weighted by atomic mass is 10.2. The minimum absolute atomic E-state index is 0.148. The second-order valence-electron chi connectivity index (χ2n) is 5.29. The third-order valence-corrected chi connectivity index (χ3v) is 5.11. The fourth-order valence-electron chi connectivity index (χ4n) is 2.09. The van der Waals surface area contributed by atoms with Crippen molar-refractivity contribution in [3.05, 3.63) is 50.8 Å². The van der Waals surface area contributed by atoms with Gasteiger partial charge in [0.25, 0.3) is 5.22 Å². The third-order valence-electron chi connectivity index (χ3n) is 3.24. The summed E-state index contributed by atoms with van der Waals surface area (Å²) >= 11 is 8.69. The van der Waals surface area contributed by atoms with Crippen LogP contribution in [0.3, 0.4) is 0 Å². The summed E-state index contributed by atoms with van der Waals surface area (Å²) in [4.78, 5) is 16.4. The first-order chi connectivity index (χ1) is 12.0. The van der Waals surface area contributed by atoms with E-state index in [0.29, 0.717) is 22.6 Å². The molecule has 25 heavy (non-hydrogen) atoms. The van der Waals surface area contributed by atoms with Crippen molar-refractivity contribution in [3.8, 4) is 0 Å². The van der Waals surface area contributed by atoms with Crippen molar-refractivity contribution >= 4 is 46.3 Å². The molecule has 0 spiro atoms. The van der Waals surface area contributed by atoms with E-state index in [9.17, 15) is 4.79 Å². The number of aromatic nitrogens is 3. The molecule has 6 nitrogen and oxygen atoms in total. The van der Waals surface area contributed by atoms with Gasteiger partial charge in [-0.1, -0.05) is 23.4 Å². The molecule has 0 fully saturated rings. The zero-order chi connectivity index (χ0) is 17.8. The van der Waals surface area contributed by atoms with Gasteiger partial charge in [0.1, 0.15) is 0 Å². The first-order valence-electron chi connectivity index (χ1n) is 7.42. The Morgan fingerprint density at radius 3 is 2.92 bits per heavy atom. The number of halogens is 1. The van der Waals surface area contributed by atoms with E-state index in [-0.39, 0.29) is 11.7 Å². The van der Waals surface area contributed by atoms with Crippen LogP contribution < -0.4 is 5.32 Å². The van der Waals surface area contributed by atoms with Crippen LogP contribution in [0.2, 0.25) is 5.02 Å². The third kappa shape index (κ3) is 5.04. The predicted octanol–water partition coefficient (Wildman–Crippen LogP) is 4.12. The number of benzene rings is 1. The van der Waals surface area contributed by atoms with E-state index in [1.54, 1.807) is 29.5 Å². The number of thioether (sulfide) groups is 1. The summed E-state index contributed by atoms with van der Waals surface area (Å²) in [6.45, 7) is 3.84. The number of thiazole rings is 1. The van der Waals surface area contributed by atoms with Crippen molar-refractivity contribution in [1.82, 2.24) is 15.2 Å². The lowest BCUT2D eigenvalue weighted by Crippen LogP contribution is -2.14. The maximum atomic E-state index is 12.1. The molecule has 1 amide bonds. The zero-order valence-electron chi connectivity index (χ0n) is 13.6. The van der Waals surface area contributed by atoms with E-state index >= 15 is 0 Å². The smallest absolute Gasteiger partial charge is 0.277 e. The Labute approximate surface area is 158 Å². The van der Waals surface area contributed by atoms with Crippen LogP contribution in [0.5, 0.6) is 0 Å². The van der Waals surface area contributed by atoms with Crippen molar-refractivity contribution in [2.75, 3.05) is 11.1 Å². The van der Waals surface area contributed by atoms with Gasteiger partial charge in [-0.15, -0.1) is 21.5 Å². The molecule has 0 saturated carbocycles. The normalized spacial score (nSPS) is 10.8. The fraction of sp³-hybridized carbons (Fsp3) is 0.250. The van der Waals surface area contributed by atoms with Gasteiger partial charge in [-0.25, -0.2) is 4.98 Å². The Bertz CT molecular complexity index is 894. The molecule has 2 aromatic heterocycles. The number of nitrogens with zero attached hydrogens (tertiary/aromatic N) is 3. The number of hydrogen-bond donors (Lipinski definition) is 1. The average Bonchev–Trinajstić information content (AvgIpc) is 3.17. The van der Waals surface area contributed by atoms with Crippen LogP contribution >= 0.6 is 34.7 Å². The van der Waals surface area contributed by atoms with E-state index in [1.165, 1.54) is 11.8 Å². The highest BCUT2D eigenvalue weighted by Gasteiger charge is 2.12. The summed E-state index contributed by atoms with van der Waals surface area (Å²) in [7, 11) is 0. The lowest BCUT2D eigenvalue weighted by molar-refractivity contribution is -0.113. The van der Waals surface area contributed by atoms with Crippen LogP contribution in [-0.4, -0.2) is 26.8 Å². The van der Waals surface area contributed by atoms with Gasteiger partial charge in [-0.2, -0.15) is 0 Å². The molecule has 1 N–H and O–H groups in total. The quantitative estimate of drug-likeness (QED) is 0.633. The number of rotatable bonds is 6. The lowest BCUT2D eigenvalue weighted by Gasteiger charge is -2.07. The first kappa shape index (κ1) is 17.9. The second kappa shape index (κ2) is 7.99.